The Morgan fingerprint density at radius 3 is 2.64 bits per heavy atom. The summed E-state index contributed by atoms with van der Waals surface area (Å²) in [6.07, 6.45) is 0.806. The summed E-state index contributed by atoms with van der Waals surface area (Å²) in [5.74, 6) is 1.55. The summed E-state index contributed by atoms with van der Waals surface area (Å²) in [5.41, 5.74) is 4.00. The average Bonchev–Trinajstić information content (AvgIpc) is 2.52. The SMILES string of the molecule is COc1cccc2c1OC1(C)CC2NC(=S)N1c1cc(C)cc(C)c1. The third-order valence-electron chi connectivity index (χ3n) is 4.95. The van der Waals surface area contributed by atoms with E-state index in [0.717, 1.165) is 29.2 Å². The molecule has 0 saturated carbocycles. The molecule has 5 heteroatoms. The van der Waals surface area contributed by atoms with Crippen LogP contribution in [0.1, 0.15) is 36.1 Å². The Labute approximate surface area is 153 Å². The van der Waals surface area contributed by atoms with Gasteiger partial charge in [0.05, 0.1) is 13.2 Å². The van der Waals surface area contributed by atoms with Crippen molar-refractivity contribution < 1.29 is 9.47 Å². The van der Waals surface area contributed by atoms with Gasteiger partial charge < -0.3 is 14.8 Å². The first-order chi connectivity index (χ1) is 11.9. The fourth-order valence-corrected chi connectivity index (χ4v) is 4.43. The van der Waals surface area contributed by atoms with E-state index >= 15 is 0 Å². The minimum Gasteiger partial charge on any atom is -0.493 e. The highest BCUT2D eigenvalue weighted by Gasteiger charge is 2.49. The highest BCUT2D eigenvalue weighted by molar-refractivity contribution is 7.80. The number of nitrogens with zero attached hydrogens (tertiary/aromatic N) is 1. The molecule has 4 rings (SSSR count). The van der Waals surface area contributed by atoms with E-state index < -0.39 is 5.72 Å². The van der Waals surface area contributed by atoms with Gasteiger partial charge in [0.1, 0.15) is 0 Å². The van der Waals surface area contributed by atoms with Gasteiger partial charge in [0, 0.05) is 17.7 Å². The Kier molecular flexibility index (Phi) is 3.65. The van der Waals surface area contributed by atoms with Crippen LogP contribution >= 0.6 is 12.2 Å². The Balaban J connectivity index is 1.84. The quantitative estimate of drug-likeness (QED) is 0.816. The smallest absolute Gasteiger partial charge is 0.188 e. The Morgan fingerprint density at radius 1 is 1.24 bits per heavy atom. The topological polar surface area (TPSA) is 33.7 Å². The number of para-hydroxylation sites is 1. The van der Waals surface area contributed by atoms with Gasteiger partial charge in [-0.25, -0.2) is 0 Å². The Bertz CT molecular complexity index is 847. The highest BCUT2D eigenvalue weighted by atomic mass is 32.1. The second-order valence-electron chi connectivity index (χ2n) is 7.04. The van der Waals surface area contributed by atoms with Crippen LogP contribution in [-0.2, 0) is 0 Å². The van der Waals surface area contributed by atoms with Crippen LogP contribution in [-0.4, -0.2) is 17.9 Å². The maximum Gasteiger partial charge on any atom is 0.188 e. The molecule has 2 aromatic carbocycles. The van der Waals surface area contributed by atoms with Crippen molar-refractivity contribution in [3.05, 3.63) is 53.1 Å². The lowest BCUT2D eigenvalue weighted by molar-refractivity contribution is 0.0464. The van der Waals surface area contributed by atoms with Gasteiger partial charge in [0.25, 0.3) is 0 Å². The molecule has 0 radical (unpaired) electrons. The van der Waals surface area contributed by atoms with Crippen molar-refractivity contribution in [2.45, 2.75) is 39.0 Å². The molecule has 130 valence electrons. The molecule has 1 fully saturated rings. The molecule has 0 aromatic heterocycles. The van der Waals surface area contributed by atoms with Crippen molar-refractivity contribution >= 4 is 23.0 Å². The van der Waals surface area contributed by atoms with Gasteiger partial charge in [-0.15, -0.1) is 0 Å². The van der Waals surface area contributed by atoms with Gasteiger partial charge in [-0.2, -0.15) is 0 Å². The van der Waals surface area contributed by atoms with E-state index in [-0.39, 0.29) is 6.04 Å². The number of thiocarbonyl (C=S) groups is 1. The van der Waals surface area contributed by atoms with E-state index in [1.165, 1.54) is 11.1 Å². The van der Waals surface area contributed by atoms with Crippen molar-refractivity contribution in [2.75, 3.05) is 12.0 Å². The van der Waals surface area contributed by atoms with Crippen molar-refractivity contribution in [1.82, 2.24) is 5.32 Å². The van der Waals surface area contributed by atoms with Gasteiger partial charge >= 0.3 is 0 Å². The fraction of sp³-hybridized carbons (Fsp3) is 0.350. The standard InChI is InChI=1S/C20H22N2O2S/c1-12-8-13(2)10-14(9-12)22-19(25)21-16-11-20(22,3)24-18-15(16)6-5-7-17(18)23-4/h5-10,16H,11H2,1-4H3,(H,21,25). The molecule has 2 aromatic rings. The molecule has 2 bridgehead atoms. The number of benzene rings is 2. The van der Waals surface area contributed by atoms with E-state index in [4.69, 9.17) is 21.7 Å². The number of rotatable bonds is 2. The number of nitrogens with one attached hydrogen (secondary N) is 1. The lowest BCUT2D eigenvalue weighted by Gasteiger charge is -2.52. The zero-order chi connectivity index (χ0) is 17.8. The molecular formula is C20H22N2O2S. The van der Waals surface area contributed by atoms with E-state index in [1.54, 1.807) is 7.11 Å². The summed E-state index contributed by atoms with van der Waals surface area (Å²) in [4.78, 5) is 2.09. The van der Waals surface area contributed by atoms with E-state index in [0.29, 0.717) is 5.11 Å². The summed E-state index contributed by atoms with van der Waals surface area (Å²) in [6.45, 7) is 6.30. The van der Waals surface area contributed by atoms with Crippen molar-refractivity contribution in [1.29, 1.82) is 0 Å². The molecule has 4 nitrogen and oxygen atoms in total. The normalized spacial score (nSPS) is 24.2. The van der Waals surface area contributed by atoms with Crippen LogP contribution < -0.4 is 19.7 Å². The Morgan fingerprint density at radius 2 is 1.96 bits per heavy atom. The average molecular weight is 354 g/mol. The summed E-state index contributed by atoms with van der Waals surface area (Å²) in [6, 6.07) is 12.6. The summed E-state index contributed by atoms with van der Waals surface area (Å²) >= 11 is 5.72. The molecule has 1 saturated heterocycles. The predicted molar refractivity (Wildman–Crippen MR) is 104 cm³/mol. The van der Waals surface area contributed by atoms with Crippen LogP contribution in [0.5, 0.6) is 11.5 Å². The second-order valence-corrected chi connectivity index (χ2v) is 7.43. The largest absolute Gasteiger partial charge is 0.493 e. The maximum atomic E-state index is 6.50. The van der Waals surface area contributed by atoms with Gasteiger partial charge in [-0.3, -0.25) is 4.90 Å². The van der Waals surface area contributed by atoms with Gasteiger partial charge in [0.2, 0.25) is 0 Å². The van der Waals surface area contributed by atoms with E-state index in [1.807, 2.05) is 12.1 Å². The van der Waals surface area contributed by atoms with Crippen molar-refractivity contribution in [3.63, 3.8) is 0 Å². The molecule has 2 aliphatic rings. The minimum atomic E-state index is -0.561. The number of hydrogen-bond donors (Lipinski definition) is 1. The fourth-order valence-electron chi connectivity index (χ4n) is 3.99. The lowest BCUT2D eigenvalue weighted by atomic mass is 9.90. The molecular weight excluding hydrogens is 332 g/mol. The van der Waals surface area contributed by atoms with Crippen molar-refractivity contribution in [2.24, 2.45) is 0 Å². The maximum absolute atomic E-state index is 6.50. The zero-order valence-corrected chi connectivity index (χ0v) is 15.7. The first kappa shape index (κ1) is 16.2. The van der Waals surface area contributed by atoms with Crippen LogP contribution in [0, 0.1) is 13.8 Å². The molecule has 2 unspecified atom stereocenters. The van der Waals surface area contributed by atoms with Gasteiger partial charge in [-0.05, 0) is 62.3 Å². The van der Waals surface area contributed by atoms with Crippen LogP contribution in [0.3, 0.4) is 0 Å². The number of ether oxygens (including phenoxy) is 2. The number of fused-ring (bicyclic) bond motifs is 4. The van der Waals surface area contributed by atoms with Gasteiger partial charge in [-0.1, -0.05) is 18.2 Å². The molecule has 2 aliphatic heterocycles. The zero-order valence-electron chi connectivity index (χ0n) is 14.9. The first-order valence-electron chi connectivity index (χ1n) is 8.46. The van der Waals surface area contributed by atoms with E-state index in [2.05, 4.69) is 55.3 Å². The number of anilines is 1. The van der Waals surface area contributed by atoms with Crippen LogP contribution in [0.25, 0.3) is 0 Å². The Hall–Kier alpha value is -2.27. The number of aryl methyl sites for hydroxylation is 2. The molecule has 0 spiro atoms. The summed E-state index contributed by atoms with van der Waals surface area (Å²) < 4.78 is 12.0. The highest BCUT2D eigenvalue weighted by Crippen LogP contribution is 2.49. The van der Waals surface area contributed by atoms with Crippen LogP contribution in [0.2, 0.25) is 0 Å². The predicted octanol–water partition coefficient (Wildman–Crippen LogP) is 4.25. The molecule has 25 heavy (non-hydrogen) atoms. The lowest BCUT2D eigenvalue weighted by Crippen LogP contribution is -2.65. The molecule has 2 atom stereocenters. The van der Waals surface area contributed by atoms with Crippen LogP contribution in [0.4, 0.5) is 5.69 Å². The monoisotopic (exact) mass is 354 g/mol. The summed E-state index contributed by atoms with van der Waals surface area (Å²) in [7, 11) is 1.67. The third-order valence-corrected chi connectivity index (χ3v) is 5.25. The molecule has 1 N–H and O–H groups in total. The van der Waals surface area contributed by atoms with Gasteiger partial charge in [0.15, 0.2) is 22.3 Å². The number of hydrogen-bond acceptors (Lipinski definition) is 3. The molecule has 2 heterocycles. The second kappa shape index (κ2) is 5.63. The van der Waals surface area contributed by atoms with Crippen molar-refractivity contribution in [3.8, 4) is 11.5 Å². The third kappa shape index (κ3) is 2.54. The molecule has 0 amide bonds. The van der Waals surface area contributed by atoms with Crippen LogP contribution in [0.15, 0.2) is 36.4 Å². The van der Waals surface area contributed by atoms with E-state index in [9.17, 15) is 0 Å². The summed E-state index contributed by atoms with van der Waals surface area (Å²) in [5, 5.41) is 4.18. The molecule has 0 aliphatic carbocycles. The first-order valence-corrected chi connectivity index (χ1v) is 8.87. The minimum absolute atomic E-state index is 0.124. The number of methoxy groups -OCH3 is 1.